The predicted octanol–water partition coefficient (Wildman–Crippen LogP) is 4.93. The number of hydrogen-bond donors (Lipinski definition) is 2. The van der Waals surface area contributed by atoms with Crippen molar-refractivity contribution in [2.45, 2.75) is 71.4 Å². The summed E-state index contributed by atoms with van der Waals surface area (Å²) < 4.78 is 0. The van der Waals surface area contributed by atoms with Crippen LogP contribution in [-0.2, 0) is 12.8 Å². The minimum atomic E-state index is 0.0579. The normalized spacial score (nSPS) is 23.4. The molecule has 3 atom stereocenters. The lowest BCUT2D eigenvalue weighted by Crippen LogP contribution is -2.58. The maximum absolute atomic E-state index is 12.8. The van der Waals surface area contributed by atoms with Crippen molar-refractivity contribution < 1.29 is 4.79 Å². The number of aromatic amines is 1. The molecule has 5 nitrogen and oxygen atoms in total. The van der Waals surface area contributed by atoms with E-state index < -0.39 is 0 Å². The topological polar surface area (TPSA) is 51.4 Å². The fraction of sp³-hybridized carbons (Fsp3) is 0.625. The first-order valence-corrected chi connectivity index (χ1v) is 12.0. The summed E-state index contributed by atoms with van der Waals surface area (Å²) in [7, 11) is 0. The minimum absolute atomic E-state index is 0.0579. The van der Waals surface area contributed by atoms with Crippen molar-refractivity contribution in [3.05, 3.63) is 34.0 Å². The molecular weight excluding hydrogens is 396 g/mol. The van der Waals surface area contributed by atoms with Crippen molar-refractivity contribution in [3.8, 4) is 0 Å². The fourth-order valence-corrected chi connectivity index (χ4v) is 5.95. The first kappa shape index (κ1) is 21.5. The molecule has 1 aliphatic heterocycles. The molecule has 6 heteroatoms. The van der Waals surface area contributed by atoms with Crippen LogP contribution in [0, 0.1) is 0 Å². The summed E-state index contributed by atoms with van der Waals surface area (Å²) in [5, 5.41) is 5.51. The number of likely N-dealkylation sites (tertiary alicyclic amines) is 1. The monoisotopic (exact) mass is 430 g/mol. The van der Waals surface area contributed by atoms with Gasteiger partial charge < -0.3 is 15.2 Å². The van der Waals surface area contributed by atoms with Crippen LogP contribution in [0.25, 0.3) is 10.9 Å². The number of nitrogens with zero attached hydrogens (tertiary/aromatic N) is 2. The smallest absolute Gasteiger partial charge is 0.317 e. The van der Waals surface area contributed by atoms with Crippen LogP contribution < -0.4 is 5.32 Å². The number of aryl methyl sites for hydroxylation is 1. The zero-order valence-electron chi connectivity index (χ0n) is 18.7. The molecule has 2 aliphatic rings. The Morgan fingerprint density at radius 2 is 2.03 bits per heavy atom. The molecule has 1 fully saturated rings. The van der Waals surface area contributed by atoms with Gasteiger partial charge in [-0.1, -0.05) is 25.4 Å². The molecule has 0 bridgehead atoms. The van der Waals surface area contributed by atoms with Gasteiger partial charge >= 0.3 is 6.03 Å². The number of urea groups is 1. The first-order chi connectivity index (χ1) is 14.5. The average Bonchev–Trinajstić information content (AvgIpc) is 3.07. The Morgan fingerprint density at radius 1 is 1.27 bits per heavy atom. The van der Waals surface area contributed by atoms with Crippen molar-refractivity contribution in [2.24, 2.45) is 0 Å². The van der Waals surface area contributed by atoms with E-state index in [2.05, 4.69) is 41.2 Å². The number of amides is 2. The average molecular weight is 431 g/mol. The van der Waals surface area contributed by atoms with Gasteiger partial charge in [-0.15, -0.1) is 0 Å². The van der Waals surface area contributed by atoms with E-state index in [9.17, 15) is 4.79 Å². The Kier molecular flexibility index (Phi) is 6.31. The van der Waals surface area contributed by atoms with E-state index in [1.807, 2.05) is 18.7 Å². The number of carbonyl (C=O) groups is 1. The van der Waals surface area contributed by atoms with Gasteiger partial charge in [0.2, 0.25) is 0 Å². The third-order valence-corrected chi connectivity index (χ3v) is 7.29. The number of fused-ring (bicyclic) bond motifs is 2. The van der Waals surface area contributed by atoms with Crippen molar-refractivity contribution in [2.75, 3.05) is 26.2 Å². The highest BCUT2D eigenvalue weighted by Gasteiger charge is 2.42. The molecule has 1 saturated heterocycles. The van der Waals surface area contributed by atoms with Crippen molar-refractivity contribution >= 4 is 28.5 Å². The molecule has 30 heavy (non-hydrogen) atoms. The third kappa shape index (κ3) is 3.71. The number of piperidine rings is 1. The zero-order valence-corrected chi connectivity index (χ0v) is 19.5. The summed E-state index contributed by atoms with van der Waals surface area (Å²) in [4.78, 5) is 20.9. The first-order valence-electron chi connectivity index (χ1n) is 11.6. The summed E-state index contributed by atoms with van der Waals surface area (Å²) in [6.07, 6.45) is 4.18. The second-order valence-corrected chi connectivity index (χ2v) is 9.22. The Labute approximate surface area is 185 Å². The van der Waals surface area contributed by atoms with E-state index in [1.165, 1.54) is 27.7 Å². The lowest BCUT2D eigenvalue weighted by molar-refractivity contribution is 0.0978. The van der Waals surface area contributed by atoms with Gasteiger partial charge in [-0.2, -0.15) is 0 Å². The Hall–Kier alpha value is -1.72. The summed E-state index contributed by atoms with van der Waals surface area (Å²) in [6.45, 7) is 12.0. The highest BCUT2D eigenvalue weighted by molar-refractivity contribution is 6.31. The summed E-state index contributed by atoms with van der Waals surface area (Å²) in [5.74, 6) is 0.390. The third-order valence-electron chi connectivity index (χ3n) is 7.07. The lowest BCUT2D eigenvalue weighted by Gasteiger charge is -2.47. The molecule has 1 aliphatic carbocycles. The Morgan fingerprint density at radius 3 is 2.70 bits per heavy atom. The fourth-order valence-electron chi connectivity index (χ4n) is 5.72. The van der Waals surface area contributed by atoms with Crippen LogP contribution in [-0.4, -0.2) is 59.1 Å². The second kappa shape index (κ2) is 8.80. The van der Waals surface area contributed by atoms with E-state index in [1.54, 1.807) is 0 Å². The molecule has 0 unspecified atom stereocenters. The van der Waals surface area contributed by atoms with Gasteiger partial charge in [0.15, 0.2) is 0 Å². The summed E-state index contributed by atoms with van der Waals surface area (Å²) in [6, 6.07) is 4.93. The quantitative estimate of drug-likeness (QED) is 0.682. The summed E-state index contributed by atoms with van der Waals surface area (Å²) in [5.41, 5.74) is 5.36. The van der Waals surface area contributed by atoms with Gasteiger partial charge in [0.25, 0.3) is 0 Å². The number of aromatic nitrogens is 1. The van der Waals surface area contributed by atoms with Crippen LogP contribution in [0.1, 0.15) is 63.3 Å². The SMILES string of the molecule is CCCN1C[C@@H](NC(=O)N(CC)CC)C[C@@H]2c3cc(Cl)cc4[nH]c(CC)c(c34)C[C@H]21. The van der Waals surface area contributed by atoms with Crippen molar-refractivity contribution in [1.29, 1.82) is 0 Å². The molecular formula is C24H35ClN4O. The van der Waals surface area contributed by atoms with E-state index in [-0.39, 0.29) is 12.1 Å². The predicted molar refractivity (Wildman–Crippen MR) is 125 cm³/mol. The van der Waals surface area contributed by atoms with E-state index in [0.29, 0.717) is 12.0 Å². The maximum Gasteiger partial charge on any atom is 0.317 e. The molecule has 4 rings (SSSR count). The van der Waals surface area contributed by atoms with Crippen LogP contribution in [0.15, 0.2) is 12.1 Å². The van der Waals surface area contributed by atoms with Crippen LogP contribution >= 0.6 is 11.6 Å². The van der Waals surface area contributed by atoms with Crippen LogP contribution in [0.2, 0.25) is 5.02 Å². The Bertz CT molecular complexity index is 920. The zero-order chi connectivity index (χ0) is 21.4. The summed E-state index contributed by atoms with van der Waals surface area (Å²) >= 11 is 6.55. The van der Waals surface area contributed by atoms with E-state index >= 15 is 0 Å². The minimum Gasteiger partial charge on any atom is -0.358 e. The van der Waals surface area contributed by atoms with Gasteiger partial charge in [-0.25, -0.2) is 4.79 Å². The molecule has 2 N–H and O–H groups in total. The second-order valence-electron chi connectivity index (χ2n) is 8.78. The number of nitrogens with one attached hydrogen (secondary N) is 2. The van der Waals surface area contributed by atoms with Gasteiger partial charge in [0, 0.05) is 59.3 Å². The van der Waals surface area contributed by atoms with Crippen LogP contribution in [0.5, 0.6) is 0 Å². The van der Waals surface area contributed by atoms with E-state index in [0.717, 1.165) is 56.9 Å². The standard InChI is InChI=1S/C24H35ClN4O/c1-5-9-29-14-16(26-24(30)28(7-3)8-4)12-17-18-10-15(25)11-21-23(18)19(13-22(17)29)20(6-2)27-21/h10-11,16-17,22,27H,5-9,12-14H2,1-4H3,(H,26,30)/t16-,17+,22+/m0/s1. The van der Waals surface area contributed by atoms with Gasteiger partial charge in [-0.05, 0) is 69.3 Å². The Balaban J connectivity index is 1.71. The molecule has 1 aromatic heterocycles. The molecule has 1 aromatic carbocycles. The van der Waals surface area contributed by atoms with Gasteiger partial charge in [0.05, 0.1) is 0 Å². The lowest BCUT2D eigenvalue weighted by atomic mass is 9.73. The number of hydrogen-bond acceptors (Lipinski definition) is 2. The highest BCUT2D eigenvalue weighted by atomic mass is 35.5. The molecule has 164 valence electrons. The number of carbonyl (C=O) groups excluding carboxylic acids is 1. The molecule has 2 heterocycles. The van der Waals surface area contributed by atoms with Gasteiger partial charge in [-0.3, -0.25) is 4.90 Å². The highest BCUT2D eigenvalue weighted by Crippen LogP contribution is 2.45. The van der Waals surface area contributed by atoms with E-state index in [4.69, 9.17) is 11.6 Å². The van der Waals surface area contributed by atoms with Gasteiger partial charge in [0.1, 0.15) is 0 Å². The van der Waals surface area contributed by atoms with Crippen LogP contribution in [0.4, 0.5) is 4.79 Å². The van der Waals surface area contributed by atoms with Crippen LogP contribution in [0.3, 0.4) is 0 Å². The molecule has 0 radical (unpaired) electrons. The van der Waals surface area contributed by atoms with Crippen molar-refractivity contribution in [3.63, 3.8) is 0 Å². The molecule has 2 aromatic rings. The number of H-pyrrole nitrogens is 1. The maximum atomic E-state index is 12.8. The number of benzene rings is 1. The molecule has 2 amide bonds. The van der Waals surface area contributed by atoms with Crippen molar-refractivity contribution in [1.82, 2.24) is 20.1 Å². The largest absolute Gasteiger partial charge is 0.358 e. The number of halogens is 1. The number of rotatable bonds is 6. The molecule has 0 saturated carbocycles. The molecule has 0 spiro atoms.